The van der Waals surface area contributed by atoms with Gasteiger partial charge in [0.05, 0.1) is 0 Å². The van der Waals surface area contributed by atoms with Crippen LogP contribution in [0.15, 0.2) is 0 Å². The summed E-state index contributed by atoms with van der Waals surface area (Å²) in [5.41, 5.74) is 0.668. The first-order chi connectivity index (χ1) is 6.62. The Hall–Kier alpha value is -0.0800. The van der Waals surface area contributed by atoms with Crippen molar-refractivity contribution in [3.8, 4) is 0 Å². The van der Waals surface area contributed by atoms with E-state index in [2.05, 4.69) is 31.1 Å². The molecule has 14 heavy (non-hydrogen) atoms. The molecule has 2 rings (SSSR count). The first kappa shape index (κ1) is 10.4. The Morgan fingerprint density at radius 3 is 2.57 bits per heavy atom. The van der Waals surface area contributed by atoms with Crippen molar-refractivity contribution in [2.45, 2.75) is 39.2 Å². The van der Waals surface area contributed by atoms with Crippen LogP contribution in [0.25, 0.3) is 0 Å². The van der Waals surface area contributed by atoms with Crippen molar-refractivity contribution in [3.05, 3.63) is 0 Å². The molecule has 1 saturated carbocycles. The largest absolute Gasteiger partial charge is 0.312 e. The molecule has 1 unspecified atom stereocenters. The molecule has 0 amide bonds. The highest BCUT2D eigenvalue weighted by atomic mass is 15.2. The van der Waals surface area contributed by atoms with Gasteiger partial charge in [0.2, 0.25) is 0 Å². The summed E-state index contributed by atoms with van der Waals surface area (Å²) in [6, 6.07) is 0.760. The minimum atomic E-state index is 0.668. The van der Waals surface area contributed by atoms with Crippen molar-refractivity contribution in [2.24, 2.45) is 11.3 Å². The molecule has 1 N–H and O–H groups in total. The first-order valence-corrected chi connectivity index (χ1v) is 6.04. The molecule has 0 aromatic carbocycles. The lowest BCUT2D eigenvalue weighted by Gasteiger charge is -2.22. The maximum atomic E-state index is 3.75. The summed E-state index contributed by atoms with van der Waals surface area (Å²) in [5, 5.41) is 3.75. The van der Waals surface area contributed by atoms with Crippen LogP contribution in [0.2, 0.25) is 0 Å². The topological polar surface area (TPSA) is 15.3 Å². The zero-order valence-corrected chi connectivity index (χ0v) is 9.84. The van der Waals surface area contributed by atoms with Crippen molar-refractivity contribution in [1.29, 1.82) is 0 Å². The van der Waals surface area contributed by atoms with Crippen LogP contribution in [0, 0.1) is 11.3 Å². The second kappa shape index (κ2) is 3.82. The lowest BCUT2D eigenvalue weighted by Crippen LogP contribution is -2.37. The van der Waals surface area contributed by atoms with Crippen LogP contribution in [0.5, 0.6) is 0 Å². The molecule has 1 heterocycles. The Bertz CT molecular complexity index is 196. The first-order valence-electron chi connectivity index (χ1n) is 6.04. The Morgan fingerprint density at radius 2 is 2.14 bits per heavy atom. The van der Waals surface area contributed by atoms with Gasteiger partial charge < -0.3 is 10.2 Å². The smallest absolute Gasteiger partial charge is 0.0207 e. The summed E-state index contributed by atoms with van der Waals surface area (Å²) >= 11 is 0. The van der Waals surface area contributed by atoms with Gasteiger partial charge in [-0.15, -0.1) is 0 Å². The number of nitrogens with zero attached hydrogens (tertiary/aromatic N) is 1. The van der Waals surface area contributed by atoms with E-state index in [0.717, 1.165) is 12.0 Å². The van der Waals surface area contributed by atoms with Crippen molar-refractivity contribution in [1.82, 2.24) is 10.2 Å². The minimum Gasteiger partial charge on any atom is -0.312 e. The van der Waals surface area contributed by atoms with Crippen molar-refractivity contribution in [3.63, 3.8) is 0 Å². The van der Waals surface area contributed by atoms with Crippen LogP contribution in [0.1, 0.15) is 33.1 Å². The van der Waals surface area contributed by atoms with Gasteiger partial charge in [-0.2, -0.15) is 0 Å². The number of hydrogen-bond acceptors (Lipinski definition) is 2. The molecule has 2 aliphatic rings. The Kier molecular flexibility index (Phi) is 2.85. The van der Waals surface area contributed by atoms with Gasteiger partial charge in [-0.1, -0.05) is 13.8 Å². The molecule has 1 saturated heterocycles. The van der Waals surface area contributed by atoms with Gasteiger partial charge in [-0.3, -0.25) is 0 Å². The van der Waals surface area contributed by atoms with Crippen LogP contribution < -0.4 is 5.32 Å². The molecular weight excluding hydrogens is 172 g/mol. The van der Waals surface area contributed by atoms with E-state index in [4.69, 9.17) is 0 Å². The molecule has 0 aromatic rings. The van der Waals surface area contributed by atoms with Gasteiger partial charge in [0, 0.05) is 19.1 Å². The van der Waals surface area contributed by atoms with Gasteiger partial charge in [0.25, 0.3) is 0 Å². The van der Waals surface area contributed by atoms with Crippen LogP contribution in [0.3, 0.4) is 0 Å². The third-order valence-corrected chi connectivity index (χ3v) is 4.25. The SMILES string of the molecule is CC(C)C1(CNC2CCN(C)C2)CC1. The fraction of sp³-hybridized carbons (Fsp3) is 1.00. The zero-order chi connectivity index (χ0) is 10.2. The molecule has 1 atom stereocenters. The highest BCUT2D eigenvalue weighted by molar-refractivity contribution is 4.98. The van der Waals surface area contributed by atoms with Crippen LogP contribution in [-0.4, -0.2) is 37.6 Å². The molecule has 82 valence electrons. The van der Waals surface area contributed by atoms with Crippen molar-refractivity contribution >= 4 is 0 Å². The minimum absolute atomic E-state index is 0.668. The summed E-state index contributed by atoms with van der Waals surface area (Å²) in [5.74, 6) is 0.856. The molecule has 2 heteroatoms. The van der Waals surface area contributed by atoms with Gasteiger partial charge in [0.1, 0.15) is 0 Å². The summed E-state index contributed by atoms with van der Waals surface area (Å²) in [6.07, 6.45) is 4.23. The van der Waals surface area contributed by atoms with Gasteiger partial charge in [0.15, 0.2) is 0 Å². The Balaban J connectivity index is 1.72. The van der Waals surface area contributed by atoms with E-state index in [9.17, 15) is 0 Å². The zero-order valence-electron chi connectivity index (χ0n) is 9.84. The van der Waals surface area contributed by atoms with Crippen LogP contribution >= 0.6 is 0 Å². The van der Waals surface area contributed by atoms with E-state index in [1.165, 1.54) is 38.9 Å². The predicted octanol–water partition coefficient (Wildman–Crippen LogP) is 1.72. The van der Waals surface area contributed by atoms with Crippen molar-refractivity contribution in [2.75, 3.05) is 26.7 Å². The number of likely N-dealkylation sites (tertiary alicyclic amines) is 1. The normalized spacial score (nSPS) is 31.3. The lowest BCUT2D eigenvalue weighted by molar-refractivity contribution is 0.316. The monoisotopic (exact) mass is 196 g/mol. The Morgan fingerprint density at radius 1 is 1.43 bits per heavy atom. The molecule has 1 aliphatic carbocycles. The molecule has 0 radical (unpaired) electrons. The van der Waals surface area contributed by atoms with Gasteiger partial charge in [-0.25, -0.2) is 0 Å². The number of rotatable bonds is 4. The fourth-order valence-electron chi connectivity index (χ4n) is 2.57. The summed E-state index contributed by atoms with van der Waals surface area (Å²) in [6.45, 7) is 8.51. The molecule has 0 bridgehead atoms. The predicted molar refractivity (Wildman–Crippen MR) is 60.4 cm³/mol. The van der Waals surface area contributed by atoms with Gasteiger partial charge in [-0.05, 0) is 44.2 Å². The van der Waals surface area contributed by atoms with E-state index in [1.54, 1.807) is 0 Å². The van der Waals surface area contributed by atoms with E-state index in [1.807, 2.05) is 0 Å². The average molecular weight is 196 g/mol. The third-order valence-electron chi connectivity index (χ3n) is 4.25. The second-order valence-corrected chi connectivity index (χ2v) is 5.65. The highest BCUT2D eigenvalue weighted by Crippen LogP contribution is 2.51. The Labute approximate surface area is 88.1 Å². The van der Waals surface area contributed by atoms with Crippen molar-refractivity contribution < 1.29 is 0 Å². The maximum Gasteiger partial charge on any atom is 0.0207 e. The third kappa shape index (κ3) is 2.12. The van der Waals surface area contributed by atoms with E-state index in [-0.39, 0.29) is 0 Å². The summed E-state index contributed by atoms with van der Waals surface area (Å²) < 4.78 is 0. The van der Waals surface area contributed by atoms with E-state index >= 15 is 0 Å². The molecule has 0 aromatic heterocycles. The van der Waals surface area contributed by atoms with E-state index in [0.29, 0.717) is 5.41 Å². The highest BCUT2D eigenvalue weighted by Gasteiger charge is 2.45. The standard InChI is InChI=1S/C12H24N2/c1-10(2)12(5-6-12)9-13-11-4-7-14(3)8-11/h10-11,13H,4-9H2,1-3H3. The molecule has 1 aliphatic heterocycles. The summed E-state index contributed by atoms with van der Waals surface area (Å²) in [4.78, 5) is 2.42. The van der Waals surface area contributed by atoms with Crippen LogP contribution in [0.4, 0.5) is 0 Å². The number of hydrogen-bond donors (Lipinski definition) is 1. The summed E-state index contributed by atoms with van der Waals surface area (Å²) in [7, 11) is 2.22. The molecular formula is C12H24N2. The molecule has 2 fully saturated rings. The molecule has 0 spiro atoms. The van der Waals surface area contributed by atoms with E-state index < -0.39 is 0 Å². The molecule has 2 nitrogen and oxygen atoms in total. The quantitative estimate of drug-likeness (QED) is 0.736. The average Bonchev–Trinajstić information content (AvgIpc) is 2.82. The fourth-order valence-corrected chi connectivity index (χ4v) is 2.57. The van der Waals surface area contributed by atoms with Gasteiger partial charge >= 0.3 is 0 Å². The second-order valence-electron chi connectivity index (χ2n) is 5.65. The number of likely N-dealkylation sites (N-methyl/N-ethyl adjacent to an activating group) is 1. The number of nitrogens with one attached hydrogen (secondary N) is 1. The maximum absolute atomic E-state index is 3.75. The lowest BCUT2D eigenvalue weighted by atomic mass is 9.92. The van der Waals surface area contributed by atoms with Crippen LogP contribution in [-0.2, 0) is 0 Å².